The van der Waals surface area contributed by atoms with Crippen LogP contribution < -0.4 is 4.90 Å². The van der Waals surface area contributed by atoms with Crippen LogP contribution in [0.3, 0.4) is 0 Å². The van der Waals surface area contributed by atoms with Crippen molar-refractivity contribution in [2.75, 3.05) is 4.90 Å². The van der Waals surface area contributed by atoms with Gasteiger partial charge in [0.1, 0.15) is 0 Å². The third-order valence-electron chi connectivity index (χ3n) is 5.91. The van der Waals surface area contributed by atoms with Crippen molar-refractivity contribution in [3.05, 3.63) is 29.6 Å². The molecule has 2 amide bonds. The molecule has 3 aliphatic rings. The van der Waals surface area contributed by atoms with Gasteiger partial charge in [-0.25, -0.2) is 4.90 Å². The molecule has 0 N–H and O–H groups in total. The van der Waals surface area contributed by atoms with Crippen LogP contribution in [0.5, 0.6) is 0 Å². The number of benzene rings is 1. The molecule has 2 aromatic rings. The largest absolute Gasteiger partial charge is 0.367 e. The topological polar surface area (TPSA) is 46.6 Å². The van der Waals surface area contributed by atoms with Crippen molar-refractivity contribution in [3.63, 3.8) is 0 Å². The number of amides is 2. The molecule has 3 fully saturated rings. The summed E-state index contributed by atoms with van der Waals surface area (Å²) in [4.78, 5) is 27.6. The highest BCUT2D eigenvalue weighted by molar-refractivity contribution is 7.17. The van der Waals surface area contributed by atoms with Gasteiger partial charge in [0, 0.05) is 15.5 Å². The van der Waals surface area contributed by atoms with E-state index in [1.807, 2.05) is 43.5 Å². The van der Waals surface area contributed by atoms with Crippen molar-refractivity contribution < 1.29 is 14.3 Å². The Morgan fingerprint density at radius 3 is 2.35 bits per heavy atom. The Morgan fingerprint density at radius 1 is 1.09 bits per heavy atom. The second-order valence-electron chi connectivity index (χ2n) is 7.31. The first kappa shape index (κ1) is 13.7. The van der Waals surface area contributed by atoms with E-state index in [4.69, 9.17) is 4.74 Å². The molecule has 3 saturated heterocycles. The number of carbonyl (C=O) groups excluding carboxylic acids is 2. The van der Waals surface area contributed by atoms with Crippen LogP contribution in [-0.2, 0) is 14.3 Å². The van der Waals surface area contributed by atoms with Crippen LogP contribution in [0.15, 0.2) is 29.6 Å². The van der Waals surface area contributed by atoms with Gasteiger partial charge in [0.15, 0.2) is 0 Å². The van der Waals surface area contributed by atoms with Crippen molar-refractivity contribution in [2.24, 2.45) is 11.8 Å². The van der Waals surface area contributed by atoms with E-state index >= 15 is 0 Å². The Balaban J connectivity index is 1.67. The number of hydrogen-bond donors (Lipinski definition) is 0. The van der Waals surface area contributed by atoms with Gasteiger partial charge in [-0.1, -0.05) is 18.2 Å². The predicted molar refractivity (Wildman–Crippen MR) is 88.4 cm³/mol. The van der Waals surface area contributed by atoms with Crippen LogP contribution in [0.1, 0.15) is 26.7 Å². The molecular weight excluding hydrogens is 310 g/mol. The van der Waals surface area contributed by atoms with E-state index in [-0.39, 0.29) is 23.7 Å². The number of imide groups is 1. The van der Waals surface area contributed by atoms with Gasteiger partial charge in [-0.3, -0.25) is 9.59 Å². The highest BCUT2D eigenvalue weighted by atomic mass is 32.1. The Labute approximate surface area is 138 Å². The van der Waals surface area contributed by atoms with Crippen LogP contribution in [-0.4, -0.2) is 23.0 Å². The number of ether oxygens (including phenoxy) is 1. The fourth-order valence-electron chi connectivity index (χ4n) is 4.84. The second kappa shape index (κ2) is 4.02. The van der Waals surface area contributed by atoms with E-state index in [1.165, 1.54) is 4.90 Å². The zero-order chi connectivity index (χ0) is 16.0. The molecule has 0 aliphatic carbocycles. The third-order valence-corrected chi connectivity index (χ3v) is 6.86. The Morgan fingerprint density at radius 2 is 1.70 bits per heavy atom. The number of carbonyl (C=O) groups is 2. The van der Waals surface area contributed by atoms with E-state index in [1.54, 1.807) is 11.3 Å². The molecule has 118 valence electrons. The van der Waals surface area contributed by atoms with Gasteiger partial charge in [-0.2, -0.15) is 0 Å². The fourth-order valence-corrected chi connectivity index (χ4v) is 5.77. The maximum absolute atomic E-state index is 13.1. The Bertz CT molecular complexity index is 840. The lowest BCUT2D eigenvalue weighted by Crippen LogP contribution is -2.40. The zero-order valence-corrected chi connectivity index (χ0v) is 13.9. The summed E-state index contributed by atoms with van der Waals surface area (Å²) in [6.45, 7) is 3.98. The molecule has 1 aromatic carbocycles. The number of rotatable bonds is 1. The van der Waals surface area contributed by atoms with Gasteiger partial charge in [0.25, 0.3) is 0 Å². The van der Waals surface area contributed by atoms with E-state index in [2.05, 4.69) is 0 Å². The molecule has 1 aromatic heterocycles. The number of anilines is 1. The maximum Gasteiger partial charge on any atom is 0.240 e. The van der Waals surface area contributed by atoms with Gasteiger partial charge in [0.05, 0.1) is 28.7 Å². The summed E-state index contributed by atoms with van der Waals surface area (Å²) in [6, 6.07) is 7.91. The standard InChI is InChI=1S/C18H17NO3S/c1-17-7-8-18(2,22-17)14-13(17)15(20)19(16(14)21)11-9-23-12-6-4-3-5-10(11)12/h3-6,9,13-14H,7-8H2,1-2H3. The van der Waals surface area contributed by atoms with Gasteiger partial charge < -0.3 is 4.74 Å². The molecule has 4 atom stereocenters. The van der Waals surface area contributed by atoms with Crippen LogP contribution in [0.2, 0.25) is 0 Å². The Kier molecular flexibility index (Phi) is 2.40. The van der Waals surface area contributed by atoms with Crippen molar-refractivity contribution in [2.45, 2.75) is 37.9 Å². The minimum absolute atomic E-state index is 0.0884. The van der Waals surface area contributed by atoms with E-state index < -0.39 is 11.2 Å². The molecule has 4 nitrogen and oxygen atoms in total. The average Bonchev–Trinajstić information content (AvgIpc) is 3.19. The lowest BCUT2D eigenvalue weighted by molar-refractivity contribution is -0.129. The monoisotopic (exact) mass is 327 g/mol. The molecule has 0 radical (unpaired) electrons. The van der Waals surface area contributed by atoms with Gasteiger partial charge in [-0.05, 0) is 32.8 Å². The summed E-state index contributed by atoms with van der Waals surface area (Å²) >= 11 is 1.57. The molecular formula is C18H17NO3S. The van der Waals surface area contributed by atoms with Crippen molar-refractivity contribution in [3.8, 4) is 0 Å². The van der Waals surface area contributed by atoms with Crippen molar-refractivity contribution >= 4 is 38.9 Å². The molecule has 4 heterocycles. The van der Waals surface area contributed by atoms with E-state index in [0.29, 0.717) is 0 Å². The zero-order valence-electron chi connectivity index (χ0n) is 13.0. The number of hydrogen-bond acceptors (Lipinski definition) is 4. The quantitative estimate of drug-likeness (QED) is 0.755. The SMILES string of the molecule is CC12CCC(C)(O1)C1C(=O)N(c3csc4ccccc34)C(=O)C12. The second-order valence-corrected chi connectivity index (χ2v) is 8.22. The summed E-state index contributed by atoms with van der Waals surface area (Å²) < 4.78 is 7.24. The van der Waals surface area contributed by atoms with Crippen LogP contribution >= 0.6 is 11.3 Å². The molecule has 23 heavy (non-hydrogen) atoms. The Hall–Kier alpha value is -1.72. The number of thiophene rings is 1. The highest BCUT2D eigenvalue weighted by Crippen LogP contribution is 2.61. The van der Waals surface area contributed by atoms with Crippen LogP contribution in [0.25, 0.3) is 10.1 Å². The highest BCUT2D eigenvalue weighted by Gasteiger charge is 2.72. The number of fused-ring (bicyclic) bond motifs is 6. The summed E-state index contributed by atoms with van der Waals surface area (Å²) in [6.07, 6.45) is 1.70. The minimum atomic E-state index is -0.493. The first-order valence-electron chi connectivity index (χ1n) is 7.99. The van der Waals surface area contributed by atoms with Crippen LogP contribution in [0.4, 0.5) is 5.69 Å². The molecule has 4 unspecified atom stereocenters. The molecule has 0 saturated carbocycles. The smallest absolute Gasteiger partial charge is 0.240 e. The van der Waals surface area contributed by atoms with Crippen molar-refractivity contribution in [1.29, 1.82) is 0 Å². The van der Waals surface area contributed by atoms with Gasteiger partial charge >= 0.3 is 0 Å². The average molecular weight is 327 g/mol. The molecule has 5 rings (SSSR count). The predicted octanol–water partition coefficient (Wildman–Crippen LogP) is 3.35. The van der Waals surface area contributed by atoms with Gasteiger partial charge in [-0.15, -0.1) is 11.3 Å². The van der Waals surface area contributed by atoms with E-state index in [9.17, 15) is 9.59 Å². The lowest BCUT2D eigenvalue weighted by atomic mass is 9.69. The minimum Gasteiger partial charge on any atom is -0.367 e. The van der Waals surface area contributed by atoms with Crippen molar-refractivity contribution in [1.82, 2.24) is 0 Å². The number of nitrogens with zero attached hydrogens (tertiary/aromatic N) is 1. The first-order valence-corrected chi connectivity index (χ1v) is 8.87. The molecule has 3 aliphatic heterocycles. The molecule has 0 spiro atoms. The van der Waals surface area contributed by atoms with Crippen LogP contribution in [0, 0.1) is 11.8 Å². The normalized spacial score (nSPS) is 38.8. The molecule has 5 heteroatoms. The third kappa shape index (κ3) is 1.50. The fraction of sp³-hybridized carbons (Fsp3) is 0.444. The lowest BCUT2D eigenvalue weighted by Gasteiger charge is -2.27. The molecule has 2 bridgehead atoms. The summed E-state index contributed by atoms with van der Waals surface area (Å²) in [7, 11) is 0. The van der Waals surface area contributed by atoms with E-state index in [0.717, 1.165) is 28.6 Å². The van der Waals surface area contributed by atoms with Gasteiger partial charge in [0.2, 0.25) is 11.8 Å². The summed E-state index contributed by atoms with van der Waals surface area (Å²) in [5.74, 6) is -0.858. The first-order chi connectivity index (χ1) is 10.9. The maximum atomic E-state index is 13.1. The summed E-state index contributed by atoms with van der Waals surface area (Å²) in [5.41, 5.74) is -0.249. The summed E-state index contributed by atoms with van der Waals surface area (Å²) in [5, 5.41) is 2.90.